The highest BCUT2D eigenvalue weighted by atomic mass is 35.5. The van der Waals surface area contributed by atoms with Crippen molar-refractivity contribution in [2.45, 2.75) is 19.0 Å². The predicted octanol–water partition coefficient (Wildman–Crippen LogP) is 5.37. The van der Waals surface area contributed by atoms with Crippen molar-refractivity contribution in [2.24, 2.45) is 0 Å². The molecule has 1 fully saturated rings. The zero-order valence-electron chi connectivity index (χ0n) is 18.2. The first-order chi connectivity index (χ1) is 16.4. The molecule has 4 amide bonds. The Morgan fingerprint density at radius 3 is 2.09 bits per heavy atom. The highest BCUT2D eigenvalue weighted by Crippen LogP contribution is 2.30. The van der Waals surface area contributed by atoms with Crippen LogP contribution in [-0.4, -0.2) is 35.9 Å². The fraction of sp³-hybridized carbons (Fsp3) is 0.160. The fourth-order valence-corrected chi connectivity index (χ4v) is 3.94. The summed E-state index contributed by atoms with van der Waals surface area (Å²) in [6.45, 7) is 0.150. The molecule has 1 heterocycles. The van der Waals surface area contributed by atoms with Crippen LogP contribution in [0.1, 0.15) is 12.0 Å². The van der Waals surface area contributed by atoms with Gasteiger partial charge in [0.15, 0.2) is 0 Å². The maximum atomic E-state index is 13.3. The number of rotatable bonds is 7. The number of hydrogen-bond acceptors (Lipinski definition) is 4. The van der Waals surface area contributed by atoms with Crippen molar-refractivity contribution in [3.8, 4) is 5.75 Å². The van der Waals surface area contributed by atoms with Gasteiger partial charge in [0.25, 0.3) is 5.91 Å². The third-order valence-corrected chi connectivity index (χ3v) is 5.93. The van der Waals surface area contributed by atoms with Crippen LogP contribution in [0.25, 0.3) is 0 Å². The van der Waals surface area contributed by atoms with Gasteiger partial charge in [-0.1, -0.05) is 35.3 Å². The largest absolute Gasteiger partial charge is 0.497 e. The van der Waals surface area contributed by atoms with Gasteiger partial charge in [0.2, 0.25) is 5.91 Å². The molecule has 0 saturated carbocycles. The molecule has 1 saturated heterocycles. The number of methoxy groups -OCH3 is 1. The van der Waals surface area contributed by atoms with Gasteiger partial charge in [-0.2, -0.15) is 0 Å². The highest BCUT2D eigenvalue weighted by Gasteiger charge is 2.46. The maximum absolute atomic E-state index is 13.3. The Labute approximate surface area is 206 Å². The van der Waals surface area contributed by atoms with Gasteiger partial charge in [-0.25, -0.2) is 9.69 Å². The van der Waals surface area contributed by atoms with Gasteiger partial charge >= 0.3 is 6.03 Å². The number of ether oxygens (including phenoxy) is 1. The Kier molecular flexibility index (Phi) is 7.05. The first-order valence-corrected chi connectivity index (χ1v) is 11.2. The van der Waals surface area contributed by atoms with E-state index in [9.17, 15) is 14.4 Å². The third kappa shape index (κ3) is 5.16. The SMILES string of the molecule is COc1ccc(CN2C(=O)N(c3ccc(Cl)cc3)C(=O)[C@H]2CC(=O)Nc2ccc(Cl)cc2)cc1. The molecule has 1 aliphatic rings. The van der Waals surface area contributed by atoms with E-state index in [1.54, 1.807) is 67.8 Å². The van der Waals surface area contributed by atoms with Crippen LogP contribution < -0.4 is 15.0 Å². The van der Waals surface area contributed by atoms with Gasteiger partial charge in [0.1, 0.15) is 11.8 Å². The molecule has 1 atom stereocenters. The molecule has 7 nitrogen and oxygen atoms in total. The minimum Gasteiger partial charge on any atom is -0.497 e. The average Bonchev–Trinajstić information content (AvgIpc) is 3.05. The van der Waals surface area contributed by atoms with Gasteiger partial charge < -0.3 is 15.0 Å². The minimum atomic E-state index is -0.974. The fourth-order valence-electron chi connectivity index (χ4n) is 3.69. The molecule has 34 heavy (non-hydrogen) atoms. The summed E-state index contributed by atoms with van der Waals surface area (Å²) in [5, 5.41) is 3.78. The molecule has 174 valence electrons. The van der Waals surface area contributed by atoms with Crippen molar-refractivity contribution >= 4 is 52.4 Å². The van der Waals surface area contributed by atoms with Crippen LogP contribution in [-0.2, 0) is 16.1 Å². The highest BCUT2D eigenvalue weighted by molar-refractivity contribution is 6.31. The van der Waals surface area contributed by atoms with Crippen molar-refractivity contribution in [2.75, 3.05) is 17.3 Å². The quantitative estimate of drug-likeness (QED) is 0.445. The number of nitrogens with zero attached hydrogens (tertiary/aromatic N) is 2. The Hall–Kier alpha value is -3.55. The van der Waals surface area contributed by atoms with Gasteiger partial charge in [-0.05, 0) is 66.2 Å². The summed E-state index contributed by atoms with van der Waals surface area (Å²) in [5.74, 6) is -0.201. The number of carbonyl (C=O) groups excluding carboxylic acids is 3. The lowest BCUT2D eigenvalue weighted by Crippen LogP contribution is -2.37. The third-order valence-electron chi connectivity index (χ3n) is 5.42. The van der Waals surface area contributed by atoms with Crippen LogP contribution in [0.5, 0.6) is 5.75 Å². The number of anilines is 2. The van der Waals surface area contributed by atoms with Crippen LogP contribution in [0.2, 0.25) is 10.0 Å². The van der Waals surface area contributed by atoms with Crippen LogP contribution in [0, 0.1) is 0 Å². The van der Waals surface area contributed by atoms with E-state index in [0.29, 0.717) is 27.2 Å². The standard InChI is InChI=1S/C25H21Cl2N3O4/c1-34-21-12-2-16(3-13-21)15-29-22(14-23(31)28-19-8-4-17(26)5-9-19)24(32)30(25(29)33)20-10-6-18(27)7-11-20/h2-13,22H,14-15H2,1H3,(H,28,31)/t22-/m1/s1. The number of hydrogen-bond donors (Lipinski definition) is 1. The van der Waals surface area contributed by atoms with Gasteiger partial charge in [0.05, 0.1) is 19.2 Å². The summed E-state index contributed by atoms with van der Waals surface area (Å²) in [5.41, 5.74) is 1.73. The lowest BCUT2D eigenvalue weighted by Gasteiger charge is -2.22. The number of nitrogens with one attached hydrogen (secondary N) is 1. The lowest BCUT2D eigenvalue weighted by molar-refractivity contribution is -0.124. The molecule has 0 aromatic heterocycles. The second kappa shape index (κ2) is 10.2. The van der Waals surface area contributed by atoms with Crippen LogP contribution in [0.3, 0.4) is 0 Å². The molecule has 0 unspecified atom stereocenters. The van der Waals surface area contributed by atoms with Crippen molar-refractivity contribution in [3.63, 3.8) is 0 Å². The number of amides is 4. The number of carbonyl (C=O) groups is 3. The van der Waals surface area contributed by atoms with Gasteiger partial charge in [-0.3, -0.25) is 9.59 Å². The second-order valence-corrected chi connectivity index (χ2v) is 8.56. The number of imide groups is 1. The predicted molar refractivity (Wildman–Crippen MR) is 131 cm³/mol. The van der Waals surface area contributed by atoms with E-state index in [4.69, 9.17) is 27.9 Å². The monoisotopic (exact) mass is 497 g/mol. The first kappa shape index (κ1) is 23.6. The van der Waals surface area contributed by atoms with Gasteiger partial charge in [0, 0.05) is 22.3 Å². The Balaban J connectivity index is 1.59. The summed E-state index contributed by atoms with van der Waals surface area (Å²) in [4.78, 5) is 42.0. The van der Waals surface area contributed by atoms with Crippen molar-refractivity contribution < 1.29 is 19.1 Å². The molecule has 3 aromatic rings. The van der Waals surface area contributed by atoms with E-state index in [1.165, 1.54) is 4.90 Å². The average molecular weight is 498 g/mol. The summed E-state index contributed by atoms with van der Waals surface area (Å²) in [6.07, 6.45) is -0.201. The van der Waals surface area contributed by atoms with E-state index in [1.807, 2.05) is 12.1 Å². The molecular formula is C25H21Cl2N3O4. The van der Waals surface area contributed by atoms with E-state index < -0.39 is 23.9 Å². The first-order valence-electron chi connectivity index (χ1n) is 10.4. The zero-order chi connectivity index (χ0) is 24.2. The van der Waals surface area contributed by atoms with Crippen LogP contribution >= 0.6 is 23.2 Å². The number of halogens is 2. The van der Waals surface area contributed by atoms with Crippen LogP contribution in [0.4, 0.5) is 16.2 Å². The molecule has 0 radical (unpaired) electrons. The van der Waals surface area contributed by atoms with Crippen molar-refractivity contribution in [3.05, 3.63) is 88.4 Å². The second-order valence-electron chi connectivity index (χ2n) is 7.68. The molecule has 1 N–H and O–H groups in total. The molecule has 0 aliphatic carbocycles. The molecule has 4 rings (SSSR count). The Morgan fingerprint density at radius 2 is 1.50 bits per heavy atom. The topological polar surface area (TPSA) is 79.0 Å². The van der Waals surface area contributed by atoms with E-state index >= 15 is 0 Å². The molecule has 3 aromatic carbocycles. The molecule has 0 spiro atoms. The summed E-state index contributed by atoms with van der Waals surface area (Å²) in [7, 11) is 1.57. The van der Waals surface area contributed by atoms with E-state index in [0.717, 1.165) is 10.5 Å². The smallest absolute Gasteiger partial charge is 0.332 e. The lowest BCUT2D eigenvalue weighted by atomic mass is 10.1. The number of benzene rings is 3. The summed E-state index contributed by atoms with van der Waals surface area (Å²) >= 11 is 11.9. The molecule has 0 bridgehead atoms. The van der Waals surface area contributed by atoms with Gasteiger partial charge in [-0.15, -0.1) is 0 Å². The Morgan fingerprint density at radius 1 is 0.912 bits per heavy atom. The van der Waals surface area contributed by atoms with E-state index in [2.05, 4.69) is 5.32 Å². The Bertz CT molecular complexity index is 1200. The summed E-state index contributed by atoms with van der Waals surface area (Å²) < 4.78 is 5.18. The summed E-state index contributed by atoms with van der Waals surface area (Å²) in [6, 6.07) is 18.7. The van der Waals surface area contributed by atoms with E-state index in [-0.39, 0.29) is 13.0 Å². The van der Waals surface area contributed by atoms with Crippen LogP contribution in [0.15, 0.2) is 72.8 Å². The zero-order valence-corrected chi connectivity index (χ0v) is 19.7. The minimum absolute atomic E-state index is 0.150. The number of urea groups is 1. The molecular weight excluding hydrogens is 477 g/mol. The maximum Gasteiger partial charge on any atom is 0.332 e. The molecule has 9 heteroatoms. The molecule has 1 aliphatic heterocycles. The van der Waals surface area contributed by atoms with Crippen molar-refractivity contribution in [1.82, 2.24) is 4.90 Å². The van der Waals surface area contributed by atoms with Crippen molar-refractivity contribution in [1.29, 1.82) is 0 Å². The normalized spacial score (nSPS) is 15.6.